The number of nitrogens with zero attached hydrogens (tertiary/aromatic N) is 3. The van der Waals surface area contributed by atoms with Crippen LogP contribution in [0.3, 0.4) is 0 Å². The Morgan fingerprint density at radius 1 is 1.19 bits per heavy atom. The van der Waals surface area contributed by atoms with E-state index in [1.807, 2.05) is 22.9 Å². The summed E-state index contributed by atoms with van der Waals surface area (Å²) < 4.78 is 1.94. The molecular weight excluding hydrogens is 224 g/mol. The van der Waals surface area contributed by atoms with E-state index >= 15 is 0 Å². The van der Waals surface area contributed by atoms with E-state index in [9.17, 15) is 0 Å². The smallest absolute Gasteiger partial charge is 0.100 e. The van der Waals surface area contributed by atoms with E-state index in [1.165, 1.54) is 5.69 Å². The Hall–Kier alpha value is -1.39. The fraction of sp³-hybridized carbons (Fsp3) is 0.273. The predicted octanol–water partition coefficient (Wildman–Crippen LogP) is 1.33. The van der Waals surface area contributed by atoms with Gasteiger partial charge < -0.3 is 5.32 Å². The third-order valence-corrected chi connectivity index (χ3v) is 2.68. The second-order valence-corrected chi connectivity index (χ2v) is 3.66. The predicted molar refractivity (Wildman–Crippen MR) is 64.0 cm³/mol. The zero-order valence-electron chi connectivity index (χ0n) is 8.76. The number of fused-ring (bicyclic) bond motifs is 1. The van der Waals surface area contributed by atoms with E-state index in [1.54, 1.807) is 0 Å². The SMILES string of the molecule is Cl.c1ccc(-n2nnc3c2CCNC3)cc1. The third kappa shape index (κ3) is 1.81. The fourth-order valence-electron chi connectivity index (χ4n) is 1.91. The van der Waals surface area contributed by atoms with Gasteiger partial charge in [0.1, 0.15) is 5.69 Å². The molecule has 4 nitrogen and oxygen atoms in total. The lowest BCUT2D eigenvalue weighted by molar-refractivity contribution is 0.619. The van der Waals surface area contributed by atoms with Crippen LogP contribution in [-0.2, 0) is 13.0 Å². The molecule has 16 heavy (non-hydrogen) atoms. The van der Waals surface area contributed by atoms with E-state index in [2.05, 4.69) is 27.8 Å². The van der Waals surface area contributed by atoms with Gasteiger partial charge in [-0.25, -0.2) is 4.68 Å². The number of nitrogens with one attached hydrogen (secondary N) is 1. The minimum Gasteiger partial charge on any atom is -0.311 e. The van der Waals surface area contributed by atoms with Gasteiger partial charge >= 0.3 is 0 Å². The van der Waals surface area contributed by atoms with Gasteiger partial charge in [0.15, 0.2) is 0 Å². The topological polar surface area (TPSA) is 42.7 Å². The molecule has 0 aliphatic carbocycles. The average Bonchev–Trinajstić information content (AvgIpc) is 2.74. The van der Waals surface area contributed by atoms with Crippen molar-refractivity contribution in [2.45, 2.75) is 13.0 Å². The summed E-state index contributed by atoms with van der Waals surface area (Å²) >= 11 is 0. The van der Waals surface area contributed by atoms with Crippen molar-refractivity contribution in [3.05, 3.63) is 41.7 Å². The van der Waals surface area contributed by atoms with E-state index in [0.29, 0.717) is 0 Å². The van der Waals surface area contributed by atoms with Crippen LogP contribution in [0.5, 0.6) is 0 Å². The molecule has 1 aromatic heterocycles. The summed E-state index contributed by atoms with van der Waals surface area (Å²) in [6.45, 7) is 1.84. The molecule has 0 fully saturated rings. The molecular formula is C11H13ClN4. The highest BCUT2D eigenvalue weighted by atomic mass is 35.5. The quantitative estimate of drug-likeness (QED) is 0.813. The minimum absolute atomic E-state index is 0. The van der Waals surface area contributed by atoms with Crippen molar-refractivity contribution in [1.82, 2.24) is 20.3 Å². The maximum Gasteiger partial charge on any atom is 0.100 e. The number of aromatic nitrogens is 3. The highest BCUT2D eigenvalue weighted by Crippen LogP contribution is 2.15. The number of halogens is 1. The second-order valence-electron chi connectivity index (χ2n) is 3.66. The fourth-order valence-corrected chi connectivity index (χ4v) is 1.91. The van der Waals surface area contributed by atoms with Crippen LogP contribution in [0.4, 0.5) is 0 Å². The molecule has 0 saturated carbocycles. The lowest BCUT2D eigenvalue weighted by Crippen LogP contribution is -2.24. The van der Waals surface area contributed by atoms with Crippen LogP contribution in [0.2, 0.25) is 0 Å². The van der Waals surface area contributed by atoms with Gasteiger partial charge in [-0.05, 0) is 12.1 Å². The molecule has 1 aromatic carbocycles. The van der Waals surface area contributed by atoms with Gasteiger partial charge in [-0.2, -0.15) is 0 Å². The molecule has 1 N–H and O–H groups in total. The number of para-hydroxylation sites is 1. The average molecular weight is 237 g/mol. The summed E-state index contributed by atoms with van der Waals surface area (Å²) in [5, 5.41) is 11.7. The Kier molecular flexibility index (Phi) is 3.22. The van der Waals surface area contributed by atoms with E-state index in [-0.39, 0.29) is 12.4 Å². The lowest BCUT2D eigenvalue weighted by Gasteiger charge is -2.13. The van der Waals surface area contributed by atoms with Gasteiger partial charge in [0.25, 0.3) is 0 Å². The van der Waals surface area contributed by atoms with Gasteiger partial charge in [0.2, 0.25) is 0 Å². The Balaban J connectivity index is 0.000000963. The van der Waals surface area contributed by atoms with E-state index < -0.39 is 0 Å². The Bertz CT molecular complexity index is 466. The second kappa shape index (κ2) is 4.63. The van der Waals surface area contributed by atoms with Gasteiger partial charge in [-0.1, -0.05) is 23.4 Å². The van der Waals surface area contributed by atoms with Crippen LogP contribution >= 0.6 is 12.4 Å². The number of hydrogen-bond donors (Lipinski definition) is 1. The normalized spacial score (nSPS) is 14.0. The largest absolute Gasteiger partial charge is 0.311 e. The van der Waals surface area contributed by atoms with Crippen LogP contribution in [0, 0.1) is 0 Å². The minimum atomic E-state index is 0. The first kappa shape index (κ1) is 11.1. The monoisotopic (exact) mass is 236 g/mol. The summed E-state index contributed by atoms with van der Waals surface area (Å²) in [5.74, 6) is 0. The van der Waals surface area contributed by atoms with E-state index in [4.69, 9.17) is 0 Å². The van der Waals surface area contributed by atoms with Crippen molar-refractivity contribution >= 4 is 12.4 Å². The third-order valence-electron chi connectivity index (χ3n) is 2.68. The molecule has 5 heteroatoms. The van der Waals surface area contributed by atoms with Crippen molar-refractivity contribution in [2.75, 3.05) is 6.54 Å². The molecule has 3 rings (SSSR count). The number of hydrogen-bond acceptors (Lipinski definition) is 3. The van der Waals surface area contributed by atoms with Crippen molar-refractivity contribution < 1.29 is 0 Å². The van der Waals surface area contributed by atoms with Crippen LogP contribution in [0.1, 0.15) is 11.4 Å². The van der Waals surface area contributed by atoms with Crippen LogP contribution in [0.15, 0.2) is 30.3 Å². The van der Waals surface area contributed by atoms with Crippen LogP contribution in [0.25, 0.3) is 5.69 Å². The van der Waals surface area contributed by atoms with Crippen molar-refractivity contribution in [3.63, 3.8) is 0 Å². The van der Waals surface area contributed by atoms with Crippen molar-refractivity contribution in [2.24, 2.45) is 0 Å². The summed E-state index contributed by atoms with van der Waals surface area (Å²) in [6, 6.07) is 10.2. The maximum absolute atomic E-state index is 4.19. The summed E-state index contributed by atoms with van der Waals surface area (Å²) in [7, 11) is 0. The zero-order chi connectivity index (χ0) is 10.1. The molecule has 0 radical (unpaired) electrons. The zero-order valence-corrected chi connectivity index (χ0v) is 9.57. The standard InChI is InChI=1S/C11H12N4.ClH/c1-2-4-9(5-3-1)15-11-6-7-12-8-10(11)13-14-15;/h1-5,12H,6-8H2;1H. The highest BCUT2D eigenvalue weighted by Gasteiger charge is 2.16. The molecule has 0 spiro atoms. The summed E-state index contributed by atoms with van der Waals surface area (Å²) in [5.41, 5.74) is 3.40. The van der Waals surface area contributed by atoms with Crippen LogP contribution < -0.4 is 5.32 Å². The highest BCUT2D eigenvalue weighted by molar-refractivity contribution is 5.85. The molecule has 2 aromatic rings. The Morgan fingerprint density at radius 2 is 2.00 bits per heavy atom. The van der Waals surface area contributed by atoms with E-state index in [0.717, 1.165) is 30.9 Å². The number of rotatable bonds is 1. The lowest BCUT2D eigenvalue weighted by atomic mass is 10.2. The van der Waals surface area contributed by atoms with Crippen molar-refractivity contribution in [3.8, 4) is 5.69 Å². The van der Waals surface area contributed by atoms with Crippen LogP contribution in [-0.4, -0.2) is 21.5 Å². The maximum atomic E-state index is 4.19. The summed E-state index contributed by atoms with van der Waals surface area (Å²) in [4.78, 5) is 0. The number of benzene rings is 1. The Labute approximate surface area is 100 Å². The Morgan fingerprint density at radius 3 is 2.81 bits per heavy atom. The van der Waals surface area contributed by atoms with Crippen molar-refractivity contribution in [1.29, 1.82) is 0 Å². The molecule has 1 aliphatic rings. The van der Waals surface area contributed by atoms with Gasteiger partial charge in [0, 0.05) is 19.5 Å². The molecule has 0 unspecified atom stereocenters. The molecule has 84 valence electrons. The first-order valence-electron chi connectivity index (χ1n) is 5.15. The molecule has 1 aliphatic heterocycles. The first-order valence-corrected chi connectivity index (χ1v) is 5.15. The van der Waals surface area contributed by atoms with Gasteiger partial charge in [-0.15, -0.1) is 17.5 Å². The van der Waals surface area contributed by atoms with Gasteiger partial charge in [-0.3, -0.25) is 0 Å². The molecule has 0 saturated heterocycles. The molecule has 0 amide bonds. The molecule has 2 heterocycles. The first-order chi connectivity index (χ1) is 7.45. The summed E-state index contributed by atoms with van der Waals surface area (Å²) in [6.07, 6.45) is 0.997. The molecule has 0 bridgehead atoms. The molecule has 0 atom stereocenters. The van der Waals surface area contributed by atoms with Gasteiger partial charge in [0.05, 0.1) is 11.4 Å².